The van der Waals surface area contributed by atoms with Gasteiger partial charge in [-0.25, -0.2) is 0 Å². The van der Waals surface area contributed by atoms with Gasteiger partial charge in [-0.2, -0.15) is 0 Å². The van der Waals surface area contributed by atoms with Gasteiger partial charge in [-0.05, 0) is 419 Å². The van der Waals surface area contributed by atoms with Gasteiger partial charge in [0.2, 0.25) is 0 Å². The topological polar surface area (TPSA) is 253 Å². The first-order chi connectivity index (χ1) is 64.2. The van der Waals surface area contributed by atoms with Crippen molar-refractivity contribution in [2.75, 3.05) is 0 Å². The number of carbonyl (C=O) groups excluding carboxylic acids is 6. The Balaban J connectivity index is 0.000000129. The molecular weight excluding hydrogens is 1740 g/mol. The van der Waals surface area contributed by atoms with E-state index in [0.717, 1.165) is 180 Å². The number of rotatable bonds is 5. The smallest absolute Gasteiger partial charge is 0.302 e. The molecule has 0 aromatic carbocycles. The van der Waals surface area contributed by atoms with Crippen LogP contribution in [0, 0.1) is 209 Å². The molecule has 0 amide bonds. The molecule has 0 spiro atoms. The lowest BCUT2D eigenvalue weighted by Gasteiger charge is -2.72. The molecule has 0 bridgehead atoms. The summed E-state index contributed by atoms with van der Waals surface area (Å²) in [6, 6.07) is 0. The third kappa shape index (κ3) is 14.0. The van der Waals surface area contributed by atoms with E-state index in [9.17, 15) is 64.5 Å². The van der Waals surface area contributed by atoms with Gasteiger partial charge in [-0.15, -0.1) is 0 Å². The summed E-state index contributed by atoms with van der Waals surface area (Å²) in [6.07, 6.45) is 41.5. The van der Waals surface area contributed by atoms with Crippen molar-refractivity contribution in [2.45, 2.75) is 494 Å². The van der Waals surface area contributed by atoms with Crippen LogP contribution in [0.4, 0.5) is 0 Å². The summed E-state index contributed by atoms with van der Waals surface area (Å²) in [5.74, 6) is 6.65. The van der Waals surface area contributed by atoms with Crippen molar-refractivity contribution in [2.24, 2.45) is 209 Å². The summed E-state index contributed by atoms with van der Waals surface area (Å²) in [6.45, 7) is 73.9. The van der Waals surface area contributed by atoms with E-state index in [0.29, 0.717) is 89.5 Å². The van der Waals surface area contributed by atoms with Gasteiger partial charge in [-0.3, -0.25) is 28.8 Å². The molecule has 0 aromatic rings. The fraction of sp³-hybridized carbons (Fsp3) is 0.889. The molecule has 14 heteroatoms. The van der Waals surface area contributed by atoms with E-state index in [2.05, 4.69) is 197 Å². The summed E-state index contributed by atoms with van der Waals surface area (Å²) in [7, 11) is 0. The van der Waals surface area contributed by atoms with Gasteiger partial charge >= 0.3 is 5.97 Å². The molecule has 16 fully saturated rings. The van der Waals surface area contributed by atoms with E-state index in [-0.39, 0.29) is 158 Å². The highest BCUT2D eigenvalue weighted by Gasteiger charge is 2.78. The zero-order valence-electron chi connectivity index (χ0n) is 94.5. The Hall–Kier alpha value is -3.50. The lowest BCUT2D eigenvalue weighted by molar-refractivity contribution is -0.231. The standard InChI is InChI=1S/C33H52O4.C31H48O4.2C31H50O3/c1-20-12-17-33(21(2)34)19-18-30(7)23(27(33)32(20,9)36)10-11-25-29(6)15-14-26(37-22(3)35)28(4,5)24(29)13-16-31(25,30)8;1-18-11-14-31(19(2)32)16-15-28(6)20(24(31)30(18,8)35)9-10-23-27(5)17-21(33)25(34)26(3,4)22(27)12-13-29(23,28)7;1-19-11-16-31(20(2)32)18-17-28(6)21(25(31)30(19,8)34)9-10-23-27(5)14-13-24(33)26(3,4)22(27)12-15-29(23,28)7;1-18-11-14-31(20(3)32)16-15-29(7)21(25(31)19(18)2)9-10-24-28(6)17-22(33)26(34)27(4,5)23(28)12-13-30(24,29)8/h10,20,24-27,36H,11-19H2,1-9H3;9,18,22-25,34-35H,10-17H2,1-8H3;9,19,22-25,33-34H,10-18H2,1-8H3;9,18-19,22-26,33-34H,10-17H2,1-8H3/t20-,24+,25-,26+,27-,29+,30-,31-,32-,33-;18-,22+,23-,24-,25+,27+,28-,29-,30-,31-;19-,22+,23?,24+,25?,27+,28-,29-,30-,31-;18-,19+,22-,23+,24-,25+,26-,28+,29-,30-,31-/m1111/s1. The largest absolute Gasteiger partial charge is 0.462 e. The predicted molar refractivity (Wildman–Crippen MR) is 558 cm³/mol. The molecule has 14 nitrogen and oxygen atoms in total. The monoisotopic (exact) mass is 1940 g/mol. The van der Waals surface area contributed by atoms with Crippen molar-refractivity contribution in [1.29, 1.82) is 0 Å². The highest BCUT2D eigenvalue weighted by molar-refractivity contribution is 5.87. The summed E-state index contributed by atoms with van der Waals surface area (Å²) >= 11 is 0. The van der Waals surface area contributed by atoms with Crippen LogP contribution < -0.4 is 0 Å². The average Bonchev–Trinajstić information content (AvgIpc) is 0.680. The number of ether oxygens (including phenoxy) is 1. The maximum atomic E-state index is 13.3. The zero-order chi connectivity index (χ0) is 104. The molecule has 20 aliphatic carbocycles. The van der Waals surface area contributed by atoms with Gasteiger partial charge in [0.1, 0.15) is 35.3 Å². The molecule has 20 aliphatic rings. The highest BCUT2D eigenvalue weighted by Crippen LogP contribution is 2.83. The minimum Gasteiger partial charge on any atom is -0.462 e. The first-order valence-electron chi connectivity index (χ1n) is 57.7. The van der Waals surface area contributed by atoms with E-state index in [1.165, 1.54) is 42.4 Å². The van der Waals surface area contributed by atoms with Gasteiger partial charge < -0.3 is 40.5 Å². The van der Waals surface area contributed by atoms with Crippen LogP contribution in [0.1, 0.15) is 447 Å². The van der Waals surface area contributed by atoms with Crippen molar-refractivity contribution in [3.05, 3.63) is 46.6 Å². The minimum atomic E-state index is -0.908. The van der Waals surface area contributed by atoms with Crippen LogP contribution in [-0.2, 0) is 33.5 Å². The Kier molecular flexibility index (Phi) is 26.0. The third-order valence-corrected chi connectivity index (χ3v) is 54.9. The fourth-order valence-corrected chi connectivity index (χ4v) is 44.7. The van der Waals surface area contributed by atoms with Gasteiger partial charge in [-0.1, -0.05) is 220 Å². The maximum absolute atomic E-state index is 13.3. The Labute approximate surface area is 848 Å². The molecule has 0 heterocycles. The molecule has 140 heavy (non-hydrogen) atoms. The van der Waals surface area contributed by atoms with E-state index in [1.54, 1.807) is 33.3 Å². The van der Waals surface area contributed by atoms with Gasteiger partial charge in [0.25, 0.3) is 0 Å². The zero-order valence-corrected chi connectivity index (χ0v) is 94.5. The second-order valence-corrected chi connectivity index (χ2v) is 60.4. The second-order valence-electron chi connectivity index (χ2n) is 60.4. The number of aliphatic hydroxyl groups excluding tert-OH is 4. The predicted octanol–water partition coefficient (Wildman–Crippen LogP) is 26.4. The van der Waals surface area contributed by atoms with Crippen LogP contribution in [0.25, 0.3) is 0 Å². The number of carbonyl (C=O) groups is 6. The first kappa shape index (κ1) is 108. The number of ketones is 5. The molecule has 7 N–H and O–H groups in total. The fourth-order valence-electron chi connectivity index (χ4n) is 44.7. The normalized spacial score (nSPS) is 55.0. The first-order valence-corrected chi connectivity index (χ1v) is 57.7. The summed E-state index contributed by atoms with van der Waals surface area (Å²) in [4.78, 5) is 78.1. The van der Waals surface area contributed by atoms with Crippen molar-refractivity contribution < 1.29 is 69.2 Å². The van der Waals surface area contributed by atoms with E-state index >= 15 is 0 Å². The van der Waals surface area contributed by atoms with Crippen LogP contribution in [0.5, 0.6) is 0 Å². The molecule has 0 radical (unpaired) electrons. The Morgan fingerprint density at radius 1 is 0.321 bits per heavy atom. The maximum Gasteiger partial charge on any atom is 0.302 e. The molecular formula is C126H200O14. The quantitative estimate of drug-likeness (QED) is 0.0999. The van der Waals surface area contributed by atoms with Crippen molar-refractivity contribution in [1.82, 2.24) is 0 Å². The molecule has 788 valence electrons. The third-order valence-electron chi connectivity index (χ3n) is 54.9. The molecule has 0 aromatic heterocycles. The summed E-state index contributed by atoms with van der Waals surface area (Å²) in [5, 5.41) is 79.7. The van der Waals surface area contributed by atoms with Crippen LogP contribution >= 0.6 is 0 Å². The Bertz CT molecular complexity index is 5060. The molecule has 0 aliphatic heterocycles. The Morgan fingerprint density at radius 2 is 0.636 bits per heavy atom. The molecule has 16 saturated carbocycles. The number of allylic oxidation sites excluding steroid dienone is 5. The number of esters is 1. The van der Waals surface area contributed by atoms with Crippen molar-refractivity contribution in [3.8, 4) is 0 Å². The Morgan fingerprint density at radius 3 is 1.01 bits per heavy atom. The molecule has 20 rings (SSSR count). The number of fused-ring (bicyclic) bond motifs is 28. The molecule has 2 unspecified atom stereocenters. The van der Waals surface area contributed by atoms with Crippen LogP contribution in [-0.4, -0.2) is 118 Å². The number of aliphatic hydroxyl groups is 7. The average molecular weight is 1940 g/mol. The highest BCUT2D eigenvalue weighted by atomic mass is 16.5. The van der Waals surface area contributed by atoms with Crippen molar-refractivity contribution >= 4 is 34.9 Å². The number of hydrogen-bond donors (Lipinski definition) is 7. The van der Waals surface area contributed by atoms with E-state index in [1.807, 2.05) is 27.7 Å². The van der Waals surface area contributed by atoms with E-state index in [4.69, 9.17) is 4.74 Å². The van der Waals surface area contributed by atoms with Gasteiger partial charge in [0.15, 0.2) is 5.78 Å². The lowest BCUT2D eigenvalue weighted by atomic mass is 9.33. The van der Waals surface area contributed by atoms with E-state index < -0.39 is 56.8 Å². The SMILES string of the molecule is CC(=O)O[C@H]1CC[C@]2(C)[C@H]3CC=C4[C@H]5[C@](C(C)=O)(CC[C@@H](C)[C@@]5(C)O)CC[C@@]4(C)[C@]3(C)CC[C@H]2C1(C)C.CC(=O)[C@]12CC[C@@H](C)[C@@](C)(O)C1C1=CCC3[C@@]4(C)CC[C@H](O)C(C)(C)[C@@H]4CC[C@@]3(C)[C@]1(C)CC2.CC(=O)[C@]12CC[C@@H](C)[C@@](C)(O)[C@H]1C1=CC[C@@H]3[C@@]4(C)CC(=O)[C@H](O)C(C)(C)[C@@H]4CC[C@@]3(C)[C@]1(C)CC2.CC(=O)[C@]12CC[C@@H](C)[C@H](C)[C@H]1C1=CC[C@@H]3[C@@]4(C)C[C@@H](O)[C@@H](O)C(C)(C)[C@@H]4CC[C@@]3(C)[C@]1(C)CC2. The lowest BCUT2D eigenvalue weighted by Crippen LogP contribution is -2.68. The van der Waals surface area contributed by atoms with Crippen LogP contribution in [0.3, 0.4) is 0 Å². The van der Waals surface area contributed by atoms with Gasteiger partial charge in [0, 0.05) is 63.6 Å². The van der Waals surface area contributed by atoms with Gasteiger partial charge in [0.05, 0.1) is 35.1 Å². The number of Topliss-reactive ketones (excluding diaryl/α,β-unsaturated/α-hetero) is 5. The van der Waals surface area contributed by atoms with Crippen LogP contribution in [0.15, 0.2) is 46.6 Å². The summed E-state index contributed by atoms with van der Waals surface area (Å²) < 4.78 is 5.88. The second kappa shape index (κ2) is 33.7. The summed E-state index contributed by atoms with van der Waals surface area (Å²) in [5.41, 5.74) is 1.55. The van der Waals surface area contributed by atoms with Crippen LogP contribution in [0.2, 0.25) is 0 Å². The molecule has 0 saturated heterocycles. The minimum absolute atomic E-state index is 0.00112. The molecule has 41 atom stereocenters. The van der Waals surface area contributed by atoms with Crippen molar-refractivity contribution in [3.63, 3.8) is 0 Å². The number of hydrogen-bond acceptors (Lipinski definition) is 14.